The van der Waals surface area contributed by atoms with Crippen LogP contribution in [0.3, 0.4) is 0 Å². The summed E-state index contributed by atoms with van der Waals surface area (Å²) in [5.74, 6) is -0.383. The fourth-order valence-electron chi connectivity index (χ4n) is 2.71. The lowest BCUT2D eigenvalue weighted by Crippen LogP contribution is -2.34. The van der Waals surface area contributed by atoms with E-state index in [1.165, 1.54) is 4.90 Å². The van der Waals surface area contributed by atoms with Crippen LogP contribution in [0.4, 0.5) is 0 Å². The monoisotopic (exact) mass is 304 g/mol. The van der Waals surface area contributed by atoms with E-state index in [0.717, 1.165) is 32.2 Å². The second-order valence-electron chi connectivity index (χ2n) is 5.64. The highest BCUT2D eigenvalue weighted by molar-refractivity contribution is 6.21. The number of fused-ring (bicyclic) bond motifs is 1. The summed E-state index contributed by atoms with van der Waals surface area (Å²) >= 11 is 0. The Morgan fingerprint density at radius 1 is 1.14 bits per heavy atom. The van der Waals surface area contributed by atoms with E-state index in [0.29, 0.717) is 17.7 Å². The third-order valence-corrected chi connectivity index (χ3v) is 3.97. The predicted molar refractivity (Wildman–Crippen MR) is 84.8 cm³/mol. The smallest absolute Gasteiger partial charge is 0.261 e. The van der Waals surface area contributed by atoms with E-state index in [1.54, 1.807) is 24.3 Å². The van der Waals surface area contributed by atoms with Crippen LogP contribution in [0.1, 0.15) is 53.3 Å². The molecule has 5 heteroatoms. The molecule has 5 nitrogen and oxygen atoms in total. The normalized spacial score (nSPS) is 15.3. The Morgan fingerprint density at radius 2 is 1.77 bits per heavy atom. The molecule has 0 radical (unpaired) electrons. The molecule has 0 aliphatic carbocycles. The molecule has 0 saturated heterocycles. The number of unbranched alkanes of at least 4 members (excludes halogenated alkanes) is 1. The molecule has 22 heavy (non-hydrogen) atoms. The van der Waals surface area contributed by atoms with Crippen LogP contribution in [0, 0.1) is 0 Å². The van der Waals surface area contributed by atoms with E-state index in [4.69, 9.17) is 0 Å². The van der Waals surface area contributed by atoms with Gasteiger partial charge in [0, 0.05) is 12.6 Å². The van der Waals surface area contributed by atoms with Crippen LogP contribution >= 0.6 is 0 Å². The SMILES string of the molecule is CCCNC(CO)CCCCN1C(=O)c2ccccc2C1=O. The highest BCUT2D eigenvalue weighted by Gasteiger charge is 2.34. The number of carbonyl (C=O) groups is 2. The van der Waals surface area contributed by atoms with Crippen LogP contribution in [0.5, 0.6) is 0 Å². The zero-order valence-corrected chi connectivity index (χ0v) is 13.0. The maximum Gasteiger partial charge on any atom is 0.261 e. The number of hydrogen-bond acceptors (Lipinski definition) is 4. The van der Waals surface area contributed by atoms with Crippen LogP contribution in [-0.2, 0) is 0 Å². The average molecular weight is 304 g/mol. The van der Waals surface area contributed by atoms with E-state index >= 15 is 0 Å². The van der Waals surface area contributed by atoms with Crippen molar-refractivity contribution in [1.29, 1.82) is 0 Å². The summed E-state index contributed by atoms with van der Waals surface area (Å²) in [5, 5.41) is 12.6. The fraction of sp³-hybridized carbons (Fsp3) is 0.529. The standard InChI is InChI=1S/C17H24N2O3/c1-2-10-18-13(12-20)7-5-6-11-19-16(21)14-8-3-4-9-15(14)17(19)22/h3-4,8-9,13,18,20H,2,5-7,10-12H2,1H3. The molecule has 0 bridgehead atoms. The lowest BCUT2D eigenvalue weighted by atomic mass is 10.1. The van der Waals surface area contributed by atoms with Gasteiger partial charge in [-0.15, -0.1) is 0 Å². The van der Waals surface area contributed by atoms with Crippen molar-refractivity contribution in [2.75, 3.05) is 19.7 Å². The van der Waals surface area contributed by atoms with Crippen LogP contribution in [-0.4, -0.2) is 47.6 Å². The third-order valence-electron chi connectivity index (χ3n) is 3.97. The first kappa shape index (κ1) is 16.6. The van der Waals surface area contributed by atoms with Crippen molar-refractivity contribution in [3.8, 4) is 0 Å². The Kier molecular flexibility index (Phi) is 6.10. The second-order valence-corrected chi connectivity index (χ2v) is 5.64. The number of carbonyl (C=O) groups excluding carboxylic acids is 2. The van der Waals surface area contributed by atoms with Crippen molar-refractivity contribution in [1.82, 2.24) is 10.2 Å². The van der Waals surface area contributed by atoms with Gasteiger partial charge in [0.25, 0.3) is 11.8 Å². The van der Waals surface area contributed by atoms with Crippen LogP contribution < -0.4 is 5.32 Å². The number of nitrogens with one attached hydrogen (secondary N) is 1. The molecule has 1 atom stereocenters. The molecule has 0 saturated carbocycles. The number of rotatable bonds is 9. The van der Waals surface area contributed by atoms with E-state index in [9.17, 15) is 14.7 Å². The van der Waals surface area contributed by atoms with Crippen LogP contribution in [0.2, 0.25) is 0 Å². The Labute approximate surface area is 131 Å². The summed E-state index contributed by atoms with van der Waals surface area (Å²) in [6.07, 6.45) is 3.51. The number of benzene rings is 1. The predicted octanol–water partition coefficient (Wildman–Crippen LogP) is 1.81. The van der Waals surface area contributed by atoms with Gasteiger partial charge in [0.15, 0.2) is 0 Å². The van der Waals surface area contributed by atoms with Crippen molar-refractivity contribution >= 4 is 11.8 Å². The first-order chi connectivity index (χ1) is 10.7. The molecule has 1 aromatic rings. The van der Waals surface area contributed by atoms with Gasteiger partial charge < -0.3 is 10.4 Å². The number of hydrogen-bond donors (Lipinski definition) is 2. The third kappa shape index (κ3) is 3.72. The minimum Gasteiger partial charge on any atom is -0.395 e. The summed E-state index contributed by atoms with van der Waals surface area (Å²) in [4.78, 5) is 25.7. The summed E-state index contributed by atoms with van der Waals surface area (Å²) in [6, 6.07) is 7.05. The quantitative estimate of drug-likeness (QED) is 0.539. The summed E-state index contributed by atoms with van der Waals surface area (Å²) in [7, 11) is 0. The summed E-state index contributed by atoms with van der Waals surface area (Å²) in [6.45, 7) is 3.54. The zero-order valence-electron chi connectivity index (χ0n) is 13.0. The van der Waals surface area contributed by atoms with Gasteiger partial charge in [-0.1, -0.05) is 25.5 Å². The molecule has 1 aliphatic heterocycles. The molecule has 2 N–H and O–H groups in total. The molecule has 1 heterocycles. The Hall–Kier alpha value is -1.72. The van der Waals surface area contributed by atoms with Gasteiger partial charge in [-0.3, -0.25) is 14.5 Å². The van der Waals surface area contributed by atoms with Crippen molar-refractivity contribution < 1.29 is 14.7 Å². The minimum atomic E-state index is -0.191. The Balaban J connectivity index is 1.79. The minimum absolute atomic E-state index is 0.0992. The average Bonchev–Trinajstić information content (AvgIpc) is 2.79. The second kappa shape index (κ2) is 8.06. The number of aliphatic hydroxyl groups is 1. The number of amides is 2. The fourth-order valence-corrected chi connectivity index (χ4v) is 2.71. The highest BCUT2D eigenvalue weighted by Crippen LogP contribution is 2.22. The lowest BCUT2D eigenvalue weighted by molar-refractivity contribution is 0.0650. The Morgan fingerprint density at radius 3 is 2.32 bits per heavy atom. The molecule has 1 aliphatic rings. The van der Waals surface area contributed by atoms with E-state index in [2.05, 4.69) is 12.2 Å². The topological polar surface area (TPSA) is 69.6 Å². The number of aliphatic hydroxyl groups excluding tert-OH is 1. The highest BCUT2D eigenvalue weighted by atomic mass is 16.3. The van der Waals surface area contributed by atoms with Crippen LogP contribution in [0.25, 0.3) is 0 Å². The largest absolute Gasteiger partial charge is 0.395 e. The molecular formula is C17H24N2O3. The zero-order chi connectivity index (χ0) is 15.9. The summed E-state index contributed by atoms with van der Waals surface area (Å²) < 4.78 is 0. The number of imide groups is 1. The van der Waals surface area contributed by atoms with Gasteiger partial charge in [-0.25, -0.2) is 0 Å². The van der Waals surface area contributed by atoms with Crippen molar-refractivity contribution in [3.05, 3.63) is 35.4 Å². The van der Waals surface area contributed by atoms with E-state index < -0.39 is 0 Å². The van der Waals surface area contributed by atoms with Gasteiger partial charge in [0.05, 0.1) is 17.7 Å². The maximum absolute atomic E-state index is 12.2. The molecule has 2 rings (SSSR count). The van der Waals surface area contributed by atoms with Crippen molar-refractivity contribution in [2.24, 2.45) is 0 Å². The van der Waals surface area contributed by atoms with Gasteiger partial charge in [-0.2, -0.15) is 0 Å². The van der Waals surface area contributed by atoms with E-state index in [1.807, 2.05) is 0 Å². The number of nitrogens with zero attached hydrogens (tertiary/aromatic N) is 1. The van der Waals surface area contributed by atoms with Crippen molar-refractivity contribution in [3.63, 3.8) is 0 Å². The van der Waals surface area contributed by atoms with Gasteiger partial charge in [0.1, 0.15) is 0 Å². The molecular weight excluding hydrogens is 280 g/mol. The molecule has 120 valence electrons. The van der Waals surface area contributed by atoms with Gasteiger partial charge in [0.2, 0.25) is 0 Å². The lowest BCUT2D eigenvalue weighted by Gasteiger charge is -2.17. The van der Waals surface area contributed by atoms with E-state index in [-0.39, 0.29) is 24.5 Å². The molecule has 0 aromatic heterocycles. The summed E-state index contributed by atoms with van der Waals surface area (Å²) in [5.41, 5.74) is 1.01. The molecule has 0 spiro atoms. The van der Waals surface area contributed by atoms with Gasteiger partial charge in [-0.05, 0) is 37.9 Å². The maximum atomic E-state index is 12.2. The molecule has 1 unspecified atom stereocenters. The van der Waals surface area contributed by atoms with Crippen LogP contribution in [0.15, 0.2) is 24.3 Å². The first-order valence-corrected chi connectivity index (χ1v) is 7.98. The van der Waals surface area contributed by atoms with Crippen molar-refractivity contribution in [2.45, 2.75) is 38.6 Å². The molecule has 1 aromatic carbocycles. The Bertz CT molecular complexity index is 495. The van der Waals surface area contributed by atoms with Gasteiger partial charge >= 0.3 is 0 Å². The first-order valence-electron chi connectivity index (χ1n) is 7.98. The molecule has 0 fully saturated rings. The molecule has 2 amide bonds.